The quantitative estimate of drug-likeness (QED) is 0.490. The Bertz CT molecular complexity index is 1010. The summed E-state index contributed by atoms with van der Waals surface area (Å²) in [4.78, 5) is 12.3. The molecule has 0 radical (unpaired) electrons. The number of halogens is 3. The van der Waals surface area contributed by atoms with Gasteiger partial charge >= 0.3 is 19.4 Å². The van der Waals surface area contributed by atoms with Crippen LogP contribution in [0.2, 0.25) is 0 Å². The highest BCUT2D eigenvalue weighted by molar-refractivity contribution is 6.56. The van der Waals surface area contributed by atoms with Crippen LogP contribution >= 0.6 is 0 Å². The molecule has 10 heteroatoms. The molecule has 1 amide bonds. The van der Waals surface area contributed by atoms with Crippen LogP contribution in [-0.4, -0.2) is 43.7 Å². The Morgan fingerprint density at radius 1 is 1.00 bits per heavy atom. The monoisotopic (exact) mass is 491 g/mol. The third-order valence-electron chi connectivity index (χ3n) is 5.84. The van der Waals surface area contributed by atoms with Gasteiger partial charge in [0.15, 0.2) is 6.61 Å². The van der Waals surface area contributed by atoms with Gasteiger partial charge in [-0.05, 0) is 56.4 Å². The molecule has 0 aliphatic carbocycles. The number of hydrogen-bond donors (Lipinski definition) is 1. The van der Waals surface area contributed by atoms with Gasteiger partial charge in [-0.25, -0.2) is 4.79 Å². The van der Waals surface area contributed by atoms with E-state index in [0.29, 0.717) is 11.0 Å². The number of benzene rings is 2. The second-order valence-corrected chi connectivity index (χ2v) is 9.20. The smallest absolute Gasteiger partial charge is 0.484 e. The number of amides is 1. The molecule has 6 nitrogen and oxygen atoms in total. The molecule has 0 saturated carbocycles. The van der Waals surface area contributed by atoms with Gasteiger partial charge in [0, 0.05) is 6.54 Å². The van der Waals surface area contributed by atoms with E-state index in [1.807, 2.05) is 58.0 Å². The fraction of sp³-hybridized carbons (Fsp3) is 0.400. The molecule has 2 aromatic carbocycles. The van der Waals surface area contributed by atoms with E-state index in [9.17, 15) is 18.0 Å². The Kier molecular flexibility index (Phi) is 8.17. The second-order valence-electron chi connectivity index (χ2n) is 9.20. The molecule has 3 rings (SSSR count). The maximum atomic E-state index is 12.4. The fourth-order valence-electron chi connectivity index (χ4n) is 3.18. The summed E-state index contributed by atoms with van der Waals surface area (Å²) in [6.07, 6.45) is -3.26. The van der Waals surface area contributed by atoms with Gasteiger partial charge < -0.3 is 24.1 Å². The Labute approximate surface area is 203 Å². The van der Waals surface area contributed by atoms with E-state index in [1.165, 1.54) is 12.1 Å². The van der Waals surface area contributed by atoms with Crippen LogP contribution in [0.3, 0.4) is 0 Å². The van der Waals surface area contributed by atoms with Gasteiger partial charge in [0.1, 0.15) is 12.4 Å². The van der Waals surface area contributed by atoms with Crippen LogP contribution in [0.5, 0.6) is 5.75 Å². The molecule has 1 heterocycles. The van der Waals surface area contributed by atoms with Gasteiger partial charge in [0.25, 0.3) is 0 Å². The van der Waals surface area contributed by atoms with Gasteiger partial charge in [-0.3, -0.25) is 0 Å². The largest absolute Gasteiger partial charge is 0.492 e. The maximum absolute atomic E-state index is 12.4. The van der Waals surface area contributed by atoms with E-state index in [-0.39, 0.29) is 18.9 Å². The summed E-state index contributed by atoms with van der Waals surface area (Å²) in [7, 11) is -0.740. The number of hydrogen-bond acceptors (Lipinski definition) is 5. The van der Waals surface area contributed by atoms with Crippen molar-refractivity contribution in [3.8, 4) is 5.75 Å². The van der Waals surface area contributed by atoms with Crippen molar-refractivity contribution in [1.29, 1.82) is 0 Å². The second kappa shape index (κ2) is 10.7. The SMILES string of the molecule is CC1(C)OB(C(=Cc2ccc(OCC(F)(F)F)cc2)CNC(=O)OCc2ccccc2)OC1(C)C. The van der Waals surface area contributed by atoms with Crippen LogP contribution in [0.15, 0.2) is 60.1 Å². The molecule has 1 N–H and O–H groups in total. The minimum Gasteiger partial charge on any atom is -0.484 e. The van der Waals surface area contributed by atoms with Crippen molar-refractivity contribution in [2.24, 2.45) is 0 Å². The fourth-order valence-corrected chi connectivity index (χ4v) is 3.18. The average molecular weight is 491 g/mol. The van der Waals surface area contributed by atoms with Gasteiger partial charge in [0.05, 0.1) is 11.2 Å². The van der Waals surface area contributed by atoms with Crippen LogP contribution in [0, 0.1) is 0 Å². The minimum atomic E-state index is -4.41. The Morgan fingerprint density at radius 2 is 1.60 bits per heavy atom. The van der Waals surface area contributed by atoms with Crippen molar-refractivity contribution < 1.29 is 36.7 Å². The molecule has 0 unspecified atom stereocenters. The third-order valence-corrected chi connectivity index (χ3v) is 5.84. The molecule has 35 heavy (non-hydrogen) atoms. The Hall–Kier alpha value is -2.98. The lowest BCUT2D eigenvalue weighted by molar-refractivity contribution is -0.153. The van der Waals surface area contributed by atoms with Crippen molar-refractivity contribution in [2.75, 3.05) is 13.2 Å². The first-order valence-electron chi connectivity index (χ1n) is 11.1. The van der Waals surface area contributed by atoms with Gasteiger partial charge in [0.2, 0.25) is 0 Å². The van der Waals surface area contributed by atoms with E-state index in [4.69, 9.17) is 18.8 Å². The maximum Gasteiger partial charge on any atom is 0.492 e. The lowest BCUT2D eigenvalue weighted by Crippen LogP contribution is -2.41. The first kappa shape index (κ1) is 26.6. The summed E-state index contributed by atoms with van der Waals surface area (Å²) in [5, 5.41) is 2.71. The molecular weight excluding hydrogens is 462 g/mol. The first-order valence-corrected chi connectivity index (χ1v) is 11.1. The van der Waals surface area contributed by atoms with Crippen LogP contribution < -0.4 is 10.1 Å². The van der Waals surface area contributed by atoms with Crippen LogP contribution in [0.25, 0.3) is 6.08 Å². The summed E-state index contributed by atoms with van der Waals surface area (Å²) >= 11 is 0. The molecule has 0 aromatic heterocycles. The molecular formula is C25H29BF3NO5. The highest BCUT2D eigenvalue weighted by Gasteiger charge is 2.52. The van der Waals surface area contributed by atoms with Crippen molar-refractivity contribution in [1.82, 2.24) is 5.32 Å². The molecule has 0 atom stereocenters. The molecule has 1 aliphatic rings. The number of alkyl carbamates (subject to hydrolysis) is 1. The predicted molar refractivity (Wildman–Crippen MR) is 127 cm³/mol. The molecule has 0 spiro atoms. The van der Waals surface area contributed by atoms with Gasteiger partial charge in [-0.1, -0.05) is 48.5 Å². The average Bonchev–Trinajstić information content (AvgIpc) is 3.01. The summed E-state index contributed by atoms with van der Waals surface area (Å²) in [5.41, 5.74) is 0.953. The lowest BCUT2D eigenvalue weighted by atomic mass is 9.77. The van der Waals surface area contributed by atoms with Crippen LogP contribution in [0.1, 0.15) is 38.8 Å². The molecule has 1 aliphatic heterocycles. The number of nitrogens with one attached hydrogen (secondary N) is 1. The summed E-state index contributed by atoms with van der Waals surface area (Å²) in [5.74, 6) is 0.0965. The molecule has 1 fully saturated rings. The summed E-state index contributed by atoms with van der Waals surface area (Å²) in [6, 6.07) is 15.4. The van der Waals surface area contributed by atoms with Gasteiger partial charge in [-0.2, -0.15) is 13.2 Å². The van der Waals surface area contributed by atoms with E-state index < -0.39 is 37.2 Å². The Morgan fingerprint density at radius 3 is 2.17 bits per heavy atom. The zero-order valence-corrected chi connectivity index (χ0v) is 20.1. The van der Waals surface area contributed by atoms with E-state index in [1.54, 1.807) is 18.2 Å². The number of carbonyl (C=O) groups is 1. The van der Waals surface area contributed by atoms with Crippen molar-refractivity contribution in [2.45, 2.75) is 51.7 Å². The van der Waals surface area contributed by atoms with E-state index in [2.05, 4.69) is 5.32 Å². The van der Waals surface area contributed by atoms with E-state index >= 15 is 0 Å². The van der Waals surface area contributed by atoms with Crippen molar-refractivity contribution >= 4 is 19.3 Å². The van der Waals surface area contributed by atoms with Crippen LogP contribution in [-0.2, 0) is 20.7 Å². The molecule has 2 aromatic rings. The standard InChI is InChI=1S/C25H29BF3NO5/c1-23(2)24(3,4)35-26(34-23)20(15-30-22(31)32-16-19-8-6-5-7-9-19)14-18-10-12-21(13-11-18)33-17-25(27,28)29/h5-14H,15-17H2,1-4H3,(H,30,31). The van der Waals surface area contributed by atoms with Crippen LogP contribution in [0.4, 0.5) is 18.0 Å². The third kappa shape index (κ3) is 7.76. The van der Waals surface area contributed by atoms with Gasteiger partial charge in [-0.15, -0.1) is 0 Å². The zero-order valence-electron chi connectivity index (χ0n) is 20.1. The highest BCUT2D eigenvalue weighted by Crippen LogP contribution is 2.38. The number of ether oxygens (including phenoxy) is 2. The normalized spacial score (nSPS) is 17.2. The first-order chi connectivity index (χ1) is 16.3. The summed E-state index contributed by atoms with van der Waals surface area (Å²) < 4.78 is 59.4. The predicted octanol–water partition coefficient (Wildman–Crippen LogP) is 5.57. The molecule has 0 bridgehead atoms. The molecule has 188 valence electrons. The lowest BCUT2D eigenvalue weighted by Gasteiger charge is -2.32. The van der Waals surface area contributed by atoms with Crippen molar-refractivity contribution in [3.63, 3.8) is 0 Å². The number of rotatable bonds is 8. The Balaban J connectivity index is 1.70. The minimum absolute atomic E-state index is 0.0801. The van der Waals surface area contributed by atoms with E-state index in [0.717, 1.165) is 5.56 Å². The molecule has 1 saturated heterocycles. The summed E-state index contributed by atoms with van der Waals surface area (Å²) in [6.45, 7) is 6.50. The topological polar surface area (TPSA) is 66.0 Å². The number of alkyl halides is 3. The number of carbonyl (C=O) groups excluding carboxylic acids is 1. The van der Waals surface area contributed by atoms with Crippen molar-refractivity contribution in [3.05, 3.63) is 71.2 Å². The zero-order chi connectivity index (χ0) is 25.7. The highest BCUT2D eigenvalue weighted by atomic mass is 19.4.